The van der Waals surface area contributed by atoms with Crippen LogP contribution in [0.2, 0.25) is 0 Å². The fraction of sp³-hybridized carbons (Fsp3) is 0.100. The van der Waals surface area contributed by atoms with Crippen LogP contribution < -0.4 is 5.32 Å². The van der Waals surface area contributed by atoms with Gasteiger partial charge in [-0.3, -0.25) is 0 Å². The molecule has 0 unspecified atom stereocenters. The molecule has 0 aliphatic rings. The molecule has 1 heterocycles. The first-order chi connectivity index (χ1) is 7.25. The van der Waals surface area contributed by atoms with Crippen LogP contribution in [0.25, 0.3) is 0 Å². The van der Waals surface area contributed by atoms with E-state index < -0.39 is 0 Å². The minimum absolute atomic E-state index is 0.294. The third-order valence-corrected chi connectivity index (χ3v) is 2.36. The van der Waals surface area contributed by atoms with E-state index in [0.717, 1.165) is 4.47 Å². The van der Waals surface area contributed by atoms with Gasteiger partial charge in [-0.05, 0) is 18.2 Å². The monoisotopic (exact) mass is 270 g/mol. The van der Waals surface area contributed by atoms with Gasteiger partial charge in [-0.15, -0.1) is 0 Å². The van der Waals surface area contributed by atoms with Crippen LogP contribution in [0.5, 0.6) is 0 Å². The number of anilines is 1. The van der Waals surface area contributed by atoms with Gasteiger partial charge >= 0.3 is 0 Å². The summed E-state index contributed by atoms with van der Waals surface area (Å²) in [7, 11) is 0. The lowest BCUT2D eigenvalue weighted by molar-refractivity contribution is 0.511. The maximum atomic E-state index is 13.3. The molecule has 78 valence electrons. The summed E-state index contributed by atoms with van der Waals surface area (Å²) in [5.41, 5.74) is 0.431. The molecule has 15 heavy (non-hydrogen) atoms. The summed E-state index contributed by atoms with van der Waals surface area (Å²) in [6, 6.07) is 4.72. The number of nitrogens with zero attached hydrogens (tertiary/aromatic N) is 1. The molecule has 0 amide bonds. The predicted octanol–water partition coefficient (Wildman–Crippen LogP) is 3.19. The summed E-state index contributed by atoms with van der Waals surface area (Å²) in [5, 5.41) is 2.92. The van der Waals surface area contributed by atoms with E-state index in [4.69, 9.17) is 4.42 Å². The molecule has 0 fully saturated rings. The van der Waals surface area contributed by atoms with E-state index in [9.17, 15) is 4.39 Å². The summed E-state index contributed by atoms with van der Waals surface area (Å²) >= 11 is 3.27. The SMILES string of the molecule is Fc1ccc(Br)cc1NCc1cnco1. The van der Waals surface area contributed by atoms with Gasteiger partial charge in [0.2, 0.25) is 0 Å². The molecule has 2 rings (SSSR count). The van der Waals surface area contributed by atoms with E-state index >= 15 is 0 Å². The summed E-state index contributed by atoms with van der Waals surface area (Å²) in [6.45, 7) is 0.410. The molecule has 5 heteroatoms. The van der Waals surface area contributed by atoms with Gasteiger partial charge < -0.3 is 9.73 Å². The minimum atomic E-state index is -0.294. The number of halogens is 2. The van der Waals surface area contributed by atoms with Crippen LogP contribution in [0.4, 0.5) is 10.1 Å². The number of aromatic nitrogens is 1. The van der Waals surface area contributed by atoms with E-state index in [1.807, 2.05) is 0 Å². The first-order valence-electron chi connectivity index (χ1n) is 4.32. The van der Waals surface area contributed by atoms with Gasteiger partial charge in [0.1, 0.15) is 11.6 Å². The highest BCUT2D eigenvalue weighted by Gasteiger charge is 2.03. The van der Waals surface area contributed by atoms with Crippen LogP contribution in [0.15, 0.2) is 39.7 Å². The van der Waals surface area contributed by atoms with Crippen molar-refractivity contribution in [2.75, 3.05) is 5.32 Å². The number of benzene rings is 1. The van der Waals surface area contributed by atoms with Crippen LogP contribution in [-0.4, -0.2) is 4.98 Å². The molecule has 1 aromatic carbocycles. The lowest BCUT2D eigenvalue weighted by Crippen LogP contribution is -2.00. The number of nitrogens with one attached hydrogen (secondary N) is 1. The zero-order valence-electron chi connectivity index (χ0n) is 7.71. The van der Waals surface area contributed by atoms with Crippen LogP contribution in [-0.2, 0) is 6.54 Å². The quantitative estimate of drug-likeness (QED) is 0.931. The Morgan fingerprint density at radius 1 is 1.47 bits per heavy atom. The average molecular weight is 271 g/mol. The topological polar surface area (TPSA) is 38.1 Å². The first kappa shape index (κ1) is 10.2. The van der Waals surface area contributed by atoms with Gasteiger partial charge in [-0.1, -0.05) is 15.9 Å². The molecule has 1 N–H and O–H groups in total. The number of oxazole rings is 1. The lowest BCUT2D eigenvalue weighted by Gasteiger charge is -2.05. The van der Waals surface area contributed by atoms with E-state index in [2.05, 4.69) is 26.2 Å². The van der Waals surface area contributed by atoms with E-state index in [-0.39, 0.29) is 5.82 Å². The van der Waals surface area contributed by atoms with Crippen molar-refractivity contribution in [3.63, 3.8) is 0 Å². The predicted molar refractivity (Wildman–Crippen MR) is 57.9 cm³/mol. The highest BCUT2D eigenvalue weighted by molar-refractivity contribution is 9.10. The summed E-state index contributed by atoms with van der Waals surface area (Å²) < 4.78 is 19.1. The molecule has 1 aromatic heterocycles. The van der Waals surface area contributed by atoms with E-state index in [1.54, 1.807) is 18.3 Å². The number of hydrogen-bond acceptors (Lipinski definition) is 3. The van der Waals surface area contributed by atoms with Gasteiger partial charge in [-0.25, -0.2) is 9.37 Å². The third kappa shape index (κ3) is 2.56. The van der Waals surface area contributed by atoms with Crippen molar-refractivity contribution in [2.24, 2.45) is 0 Å². The van der Waals surface area contributed by atoms with Crippen molar-refractivity contribution >= 4 is 21.6 Å². The zero-order valence-corrected chi connectivity index (χ0v) is 9.29. The summed E-state index contributed by atoms with van der Waals surface area (Å²) in [5.74, 6) is 0.368. The second kappa shape index (κ2) is 4.44. The van der Waals surface area contributed by atoms with Crippen LogP contribution >= 0.6 is 15.9 Å². The Morgan fingerprint density at radius 3 is 3.07 bits per heavy atom. The molecular formula is C10H8BrFN2O. The Bertz CT molecular complexity index is 445. The number of rotatable bonds is 3. The summed E-state index contributed by atoms with van der Waals surface area (Å²) in [6.07, 6.45) is 2.93. The van der Waals surface area contributed by atoms with Gasteiger partial charge in [0, 0.05) is 4.47 Å². The maximum Gasteiger partial charge on any atom is 0.180 e. The Hall–Kier alpha value is -1.36. The zero-order chi connectivity index (χ0) is 10.7. The molecule has 0 saturated heterocycles. The normalized spacial score (nSPS) is 10.3. The van der Waals surface area contributed by atoms with Crippen LogP contribution in [0.3, 0.4) is 0 Å². The Morgan fingerprint density at radius 2 is 2.33 bits per heavy atom. The Balaban J connectivity index is 2.07. The van der Waals surface area contributed by atoms with Gasteiger partial charge in [-0.2, -0.15) is 0 Å². The highest BCUT2D eigenvalue weighted by atomic mass is 79.9. The maximum absolute atomic E-state index is 13.3. The van der Waals surface area contributed by atoms with Crippen molar-refractivity contribution in [2.45, 2.75) is 6.54 Å². The molecule has 0 saturated carbocycles. The van der Waals surface area contributed by atoms with Crippen molar-refractivity contribution in [3.05, 3.63) is 46.8 Å². The molecule has 0 spiro atoms. The van der Waals surface area contributed by atoms with Crippen molar-refractivity contribution in [3.8, 4) is 0 Å². The molecule has 0 atom stereocenters. The molecule has 0 aliphatic carbocycles. The molecule has 0 radical (unpaired) electrons. The largest absolute Gasteiger partial charge is 0.447 e. The van der Waals surface area contributed by atoms with Crippen molar-refractivity contribution in [1.82, 2.24) is 4.98 Å². The first-order valence-corrected chi connectivity index (χ1v) is 5.11. The smallest absolute Gasteiger partial charge is 0.180 e. The average Bonchev–Trinajstić information content (AvgIpc) is 2.72. The molecule has 0 bridgehead atoms. The Kier molecular flexibility index (Phi) is 3.01. The summed E-state index contributed by atoms with van der Waals surface area (Å²) in [4.78, 5) is 3.76. The van der Waals surface area contributed by atoms with Gasteiger partial charge in [0.15, 0.2) is 6.39 Å². The van der Waals surface area contributed by atoms with Crippen molar-refractivity contribution < 1.29 is 8.81 Å². The Labute approximate surface area is 94.5 Å². The molecule has 2 aromatic rings. The lowest BCUT2D eigenvalue weighted by atomic mass is 10.3. The molecular weight excluding hydrogens is 263 g/mol. The van der Waals surface area contributed by atoms with Crippen LogP contribution in [0.1, 0.15) is 5.76 Å². The van der Waals surface area contributed by atoms with Gasteiger partial charge in [0.05, 0.1) is 18.4 Å². The second-order valence-corrected chi connectivity index (χ2v) is 3.86. The fourth-order valence-corrected chi connectivity index (χ4v) is 1.51. The molecule has 3 nitrogen and oxygen atoms in total. The number of hydrogen-bond donors (Lipinski definition) is 1. The fourth-order valence-electron chi connectivity index (χ4n) is 1.14. The van der Waals surface area contributed by atoms with Crippen molar-refractivity contribution in [1.29, 1.82) is 0 Å². The van der Waals surface area contributed by atoms with Gasteiger partial charge in [0.25, 0.3) is 0 Å². The third-order valence-electron chi connectivity index (χ3n) is 1.86. The van der Waals surface area contributed by atoms with E-state index in [1.165, 1.54) is 12.5 Å². The minimum Gasteiger partial charge on any atom is -0.447 e. The highest BCUT2D eigenvalue weighted by Crippen LogP contribution is 2.20. The molecule has 0 aliphatic heterocycles. The second-order valence-electron chi connectivity index (χ2n) is 2.95. The van der Waals surface area contributed by atoms with E-state index in [0.29, 0.717) is 18.0 Å². The van der Waals surface area contributed by atoms with Crippen LogP contribution in [0, 0.1) is 5.82 Å². The standard InChI is InChI=1S/C10H8BrFN2O/c11-7-1-2-9(12)10(3-7)14-5-8-4-13-6-15-8/h1-4,6,14H,5H2.